The van der Waals surface area contributed by atoms with Gasteiger partial charge in [0.2, 0.25) is 0 Å². The quantitative estimate of drug-likeness (QED) is 0.757. The zero-order valence-electron chi connectivity index (χ0n) is 14.8. The lowest BCUT2D eigenvalue weighted by Crippen LogP contribution is -2.26. The summed E-state index contributed by atoms with van der Waals surface area (Å²) in [5.41, 5.74) is 0.350. The lowest BCUT2D eigenvalue weighted by atomic mass is 10.2. The van der Waals surface area contributed by atoms with Crippen LogP contribution in [0.3, 0.4) is 0 Å². The van der Waals surface area contributed by atoms with Gasteiger partial charge in [0.15, 0.2) is 10.4 Å². The molecule has 2 heterocycles. The summed E-state index contributed by atoms with van der Waals surface area (Å²) in [5.74, 6) is 0.225. The van der Waals surface area contributed by atoms with E-state index >= 15 is 0 Å². The number of rotatable bonds is 4. The molecule has 1 aliphatic rings. The van der Waals surface area contributed by atoms with E-state index in [-0.39, 0.29) is 10.7 Å². The average molecular weight is 454 g/mol. The predicted molar refractivity (Wildman–Crippen MR) is 107 cm³/mol. The van der Waals surface area contributed by atoms with Gasteiger partial charge in [-0.2, -0.15) is 8.42 Å². The first-order chi connectivity index (χ1) is 12.8. The maximum absolute atomic E-state index is 12.7. The smallest absolute Gasteiger partial charge is 0.291 e. The Kier molecular flexibility index (Phi) is 6.01. The first-order valence-electron chi connectivity index (χ1n) is 8.57. The van der Waals surface area contributed by atoms with Crippen molar-refractivity contribution in [3.8, 4) is 0 Å². The van der Waals surface area contributed by atoms with Crippen molar-refractivity contribution in [3.05, 3.63) is 46.8 Å². The number of sulfonamides is 1. The molecule has 1 amide bonds. The third-order valence-corrected chi connectivity index (χ3v) is 5.97. The molecule has 1 aromatic carbocycles. The molecular weight excluding hydrogens is 434 g/mol. The van der Waals surface area contributed by atoms with Gasteiger partial charge in [-0.15, -0.1) is 4.40 Å². The van der Waals surface area contributed by atoms with Crippen molar-refractivity contribution in [2.75, 3.05) is 18.9 Å². The van der Waals surface area contributed by atoms with Crippen LogP contribution in [0, 0.1) is 0 Å². The van der Waals surface area contributed by atoms with Crippen molar-refractivity contribution < 1.29 is 17.6 Å². The summed E-state index contributed by atoms with van der Waals surface area (Å²) < 4.78 is 35.1. The molecule has 0 bridgehead atoms. The van der Waals surface area contributed by atoms with Gasteiger partial charge in [-0.3, -0.25) is 4.79 Å². The number of likely N-dealkylation sites (tertiary alicyclic amines) is 1. The molecule has 7 nitrogen and oxygen atoms in total. The van der Waals surface area contributed by atoms with Crippen molar-refractivity contribution in [1.29, 1.82) is 0 Å². The van der Waals surface area contributed by atoms with Crippen LogP contribution in [0.15, 0.2) is 54.8 Å². The summed E-state index contributed by atoms with van der Waals surface area (Å²) in [6, 6.07) is 9.17. The van der Waals surface area contributed by atoms with Gasteiger partial charge in [-0.25, -0.2) is 0 Å². The van der Waals surface area contributed by atoms with E-state index in [2.05, 4.69) is 25.6 Å². The van der Waals surface area contributed by atoms with Gasteiger partial charge in [-0.05, 0) is 59.1 Å². The third kappa shape index (κ3) is 4.98. The Morgan fingerprint density at radius 3 is 2.78 bits per heavy atom. The van der Waals surface area contributed by atoms with Crippen LogP contribution in [0.5, 0.6) is 0 Å². The molecule has 1 fully saturated rings. The van der Waals surface area contributed by atoms with E-state index in [9.17, 15) is 13.2 Å². The van der Waals surface area contributed by atoms with E-state index in [4.69, 9.17) is 4.42 Å². The molecular formula is C18H20BrN3O4S. The van der Waals surface area contributed by atoms with Crippen LogP contribution in [-0.4, -0.2) is 38.7 Å². The number of hydrogen-bond donors (Lipinski definition) is 1. The number of carbonyl (C=O) groups is 1. The van der Waals surface area contributed by atoms with E-state index in [1.54, 1.807) is 18.2 Å². The van der Waals surface area contributed by atoms with Crippen LogP contribution in [-0.2, 0) is 10.0 Å². The molecule has 2 aromatic rings. The first kappa shape index (κ1) is 19.6. The van der Waals surface area contributed by atoms with Crippen LogP contribution in [0.25, 0.3) is 0 Å². The average Bonchev–Trinajstić information content (AvgIpc) is 2.97. The van der Waals surface area contributed by atoms with Gasteiger partial charge in [0, 0.05) is 25.7 Å². The van der Waals surface area contributed by atoms with E-state index in [0.29, 0.717) is 22.6 Å². The molecule has 0 atom stereocenters. The number of hydrogen-bond acceptors (Lipinski definition) is 4. The van der Waals surface area contributed by atoms with E-state index in [1.807, 2.05) is 11.9 Å². The summed E-state index contributed by atoms with van der Waals surface area (Å²) in [4.78, 5) is 14.1. The number of amides is 1. The third-order valence-electron chi connectivity index (χ3n) is 4.25. The maximum Gasteiger partial charge on any atom is 0.291 e. The Morgan fingerprint density at radius 2 is 2.04 bits per heavy atom. The van der Waals surface area contributed by atoms with E-state index in [0.717, 1.165) is 25.8 Å². The maximum atomic E-state index is 12.7. The highest BCUT2D eigenvalue weighted by molar-refractivity contribution is 9.10. The monoisotopic (exact) mass is 453 g/mol. The number of carbonyl (C=O) groups excluding carboxylic acids is 1. The number of amidine groups is 1. The van der Waals surface area contributed by atoms with Gasteiger partial charge in [-0.1, -0.05) is 12.5 Å². The molecule has 3 rings (SSSR count). The summed E-state index contributed by atoms with van der Waals surface area (Å²) in [6.45, 7) is 0.795. The molecule has 0 aliphatic carbocycles. The van der Waals surface area contributed by atoms with Gasteiger partial charge in [0.1, 0.15) is 5.84 Å². The molecule has 0 unspecified atom stereocenters. The summed E-state index contributed by atoms with van der Waals surface area (Å²) >= 11 is 3.14. The van der Waals surface area contributed by atoms with Gasteiger partial charge >= 0.3 is 0 Å². The zero-order valence-corrected chi connectivity index (χ0v) is 17.2. The van der Waals surface area contributed by atoms with Gasteiger partial charge < -0.3 is 14.6 Å². The molecule has 9 heteroatoms. The fraction of sp³-hybridized carbons (Fsp3) is 0.333. The van der Waals surface area contributed by atoms with Crippen LogP contribution < -0.4 is 5.32 Å². The van der Waals surface area contributed by atoms with Gasteiger partial charge in [0.25, 0.3) is 15.9 Å². The summed E-state index contributed by atoms with van der Waals surface area (Å²) in [7, 11) is -2.00. The molecule has 1 aliphatic heterocycles. The van der Waals surface area contributed by atoms with Gasteiger partial charge in [0.05, 0.1) is 4.90 Å². The van der Waals surface area contributed by atoms with E-state index in [1.165, 1.54) is 18.2 Å². The molecule has 0 saturated carbocycles. The van der Waals surface area contributed by atoms with Crippen molar-refractivity contribution in [2.45, 2.75) is 30.6 Å². The molecule has 0 spiro atoms. The standard InChI is InChI=1S/C18H20BrN3O4S/c1-22-11-4-2-3-8-17(22)21-27(24,25)14-7-5-6-13(12-14)20-18(23)15-9-10-16(19)26-15/h5-7,9-10,12H,2-4,8,11H2,1H3,(H,20,23)/b21-17-. The number of nitrogens with one attached hydrogen (secondary N) is 1. The zero-order chi connectivity index (χ0) is 19.4. The minimum Gasteiger partial charge on any atom is -0.444 e. The largest absolute Gasteiger partial charge is 0.444 e. The highest BCUT2D eigenvalue weighted by Crippen LogP contribution is 2.21. The Morgan fingerprint density at radius 1 is 1.22 bits per heavy atom. The van der Waals surface area contributed by atoms with Crippen LogP contribution in [0.2, 0.25) is 0 Å². The minimum absolute atomic E-state index is 0.0334. The predicted octanol–water partition coefficient (Wildman–Crippen LogP) is 3.89. The molecule has 27 heavy (non-hydrogen) atoms. The van der Waals surface area contributed by atoms with E-state index < -0.39 is 15.9 Å². The second-order valence-electron chi connectivity index (χ2n) is 6.30. The Labute approximate surface area is 166 Å². The first-order valence-corrected chi connectivity index (χ1v) is 10.8. The second-order valence-corrected chi connectivity index (χ2v) is 8.69. The molecule has 144 valence electrons. The molecule has 1 N–H and O–H groups in total. The number of anilines is 1. The fourth-order valence-electron chi connectivity index (χ4n) is 2.80. The van der Waals surface area contributed by atoms with Crippen LogP contribution in [0.1, 0.15) is 36.2 Å². The topological polar surface area (TPSA) is 92.0 Å². The Bertz CT molecular complexity index is 968. The Hall–Kier alpha value is -2.13. The molecule has 0 radical (unpaired) electrons. The van der Waals surface area contributed by atoms with Crippen molar-refractivity contribution in [3.63, 3.8) is 0 Å². The normalized spacial score (nSPS) is 17.0. The Balaban J connectivity index is 1.82. The summed E-state index contributed by atoms with van der Waals surface area (Å²) in [6.07, 6.45) is 3.65. The molecule has 1 saturated heterocycles. The summed E-state index contributed by atoms with van der Waals surface area (Å²) in [5, 5.41) is 2.63. The van der Waals surface area contributed by atoms with Crippen molar-refractivity contribution in [2.24, 2.45) is 4.40 Å². The van der Waals surface area contributed by atoms with Crippen LogP contribution in [0.4, 0.5) is 5.69 Å². The lowest BCUT2D eigenvalue weighted by Gasteiger charge is -2.17. The lowest BCUT2D eigenvalue weighted by molar-refractivity contribution is 0.0995. The minimum atomic E-state index is -3.86. The number of halogens is 1. The van der Waals surface area contributed by atoms with Crippen molar-refractivity contribution >= 4 is 43.4 Å². The van der Waals surface area contributed by atoms with Crippen molar-refractivity contribution in [1.82, 2.24) is 4.90 Å². The number of furan rings is 1. The van der Waals surface area contributed by atoms with Crippen LogP contribution >= 0.6 is 15.9 Å². The SMILES string of the molecule is CN1CCCCC/C1=N/S(=O)(=O)c1cccc(NC(=O)c2ccc(Br)o2)c1. The number of benzene rings is 1. The fourth-order valence-corrected chi connectivity index (χ4v) is 4.25. The highest BCUT2D eigenvalue weighted by Gasteiger charge is 2.19. The second kappa shape index (κ2) is 8.26. The number of nitrogens with zero attached hydrogens (tertiary/aromatic N) is 2. The highest BCUT2D eigenvalue weighted by atomic mass is 79.9. The molecule has 1 aromatic heterocycles.